The molecule has 1 atom stereocenters. The van der Waals surface area contributed by atoms with Gasteiger partial charge >= 0.3 is 0 Å². The Balaban J connectivity index is 1.66. The molecule has 0 fully saturated rings. The number of sulfone groups is 1. The molecule has 0 unspecified atom stereocenters. The summed E-state index contributed by atoms with van der Waals surface area (Å²) in [4.78, 5) is 17.3. The zero-order valence-electron chi connectivity index (χ0n) is 13.6. The number of amides is 1. The highest BCUT2D eigenvalue weighted by Crippen LogP contribution is 2.32. The topological polar surface area (TPSA) is 80.5 Å². The molecule has 7 heteroatoms. The number of carbonyl (C=O) groups is 1. The lowest BCUT2D eigenvalue weighted by Gasteiger charge is -2.25. The minimum atomic E-state index is -3.27. The van der Waals surface area contributed by atoms with Crippen LogP contribution in [0.1, 0.15) is 34.2 Å². The van der Waals surface area contributed by atoms with Crippen LogP contribution in [0.25, 0.3) is 5.65 Å². The van der Waals surface area contributed by atoms with Gasteiger partial charge < -0.3 is 9.72 Å². The molecule has 1 aliphatic heterocycles. The van der Waals surface area contributed by atoms with Crippen LogP contribution in [0.4, 0.5) is 0 Å². The molecule has 1 aliphatic rings. The molecule has 3 heterocycles. The molecule has 0 saturated carbocycles. The lowest BCUT2D eigenvalue weighted by molar-refractivity contribution is 0.0930. The second-order valence-electron chi connectivity index (χ2n) is 6.19. The van der Waals surface area contributed by atoms with Gasteiger partial charge in [-0.05, 0) is 37.1 Å². The number of fused-ring (bicyclic) bond motifs is 2. The van der Waals surface area contributed by atoms with Gasteiger partial charge in [-0.15, -0.1) is 0 Å². The highest BCUT2D eigenvalue weighted by atomic mass is 32.2. The fourth-order valence-corrected chi connectivity index (χ4v) is 4.85. The first-order valence-corrected chi connectivity index (χ1v) is 9.68. The van der Waals surface area contributed by atoms with Crippen molar-refractivity contribution in [1.82, 2.24) is 14.7 Å². The summed E-state index contributed by atoms with van der Waals surface area (Å²) in [6.45, 7) is 1.94. The molecule has 2 aromatic heterocycles. The van der Waals surface area contributed by atoms with E-state index in [1.54, 1.807) is 30.5 Å². The summed E-state index contributed by atoms with van der Waals surface area (Å²) >= 11 is 0. The van der Waals surface area contributed by atoms with Crippen LogP contribution in [0, 0.1) is 6.92 Å². The molecule has 0 saturated heterocycles. The van der Waals surface area contributed by atoms with Crippen LogP contribution in [-0.2, 0) is 9.84 Å². The average molecular weight is 355 g/mol. The summed E-state index contributed by atoms with van der Waals surface area (Å²) in [5.74, 6) is -0.276. The normalized spacial score (nSPS) is 18.7. The Hall–Kier alpha value is -2.67. The fourth-order valence-electron chi connectivity index (χ4n) is 3.23. The second kappa shape index (κ2) is 5.70. The van der Waals surface area contributed by atoms with E-state index in [0.29, 0.717) is 28.2 Å². The van der Waals surface area contributed by atoms with E-state index >= 15 is 0 Å². The second-order valence-corrected chi connectivity index (χ2v) is 8.27. The molecule has 4 rings (SSSR count). The van der Waals surface area contributed by atoms with E-state index in [2.05, 4.69) is 10.3 Å². The minimum Gasteiger partial charge on any atom is -0.344 e. The van der Waals surface area contributed by atoms with Crippen LogP contribution in [-0.4, -0.2) is 29.5 Å². The Morgan fingerprint density at radius 3 is 2.80 bits per heavy atom. The highest BCUT2D eigenvalue weighted by Gasteiger charge is 2.31. The number of pyridine rings is 1. The Labute approximate surface area is 145 Å². The van der Waals surface area contributed by atoms with E-state index in [1.165, 1.54) is 0 Å². The number of benzene rings is 1. The minimum absolute atomic E-state index is 0.0270. The van der Waals surface area contributed by atoms with Gasteiger partial charge in [0.15, 0.2) is 9.84 Å². The first kappa shape index (κ1) is 15.8. The van der Waals surface area contributed by atoms with Crippen LogP contribution in [0.15, 0.2) is 53.6 Å². The Morgan fingerprint density at radius 1 is 1.20 bits per heavy atom. The molecule has 0 spiro atoms. The number of aromatic nitrogens is 2. The van der Waals surface area contributed by atoms with Gasteiger partial charge in [0, 0.05) is 11.9 Å². The maximum Gasteiger partial charge on any atom is 0.271 e. The first-order valence-electron chi connectivity index (χ1n) is 8.03. The monoisotopic (exact) mass is 355 g/mol. The van der Waals surface area contributed by atoms with Crippen LogP contribution in [0.5, 0.6) is 0 Å². The van der Waals surface area contributed by atoms with Crippen molar-refractivity contribution in [2.24, 2.45) is 0 Å². The molecule has 6 nitrogen and oxygen atoms in total. The molecule has 1 amide bonds. The van der Waals surface area contributed by atoms with E-state index < -0.39 is 9.84 Å². The van der Waals surface area contributed by atoms with E-state index in [0.717, 1.165) is 5.69 Å². The van der Waals surface area contributed by atoms with Crippen LogP contribution in [0.2, 0.25) is 0 Å². The number of aryl methyl sites for hydroxylation is 1. The SMILES string of the molecule is Cc1cccc2nc(C(=O)N[C@H]3CCS(=O)(=O)c4ccccc43)cn12. The van der Waals surface area contributed by atoms with Crippen LogP contribution < -0.4 is 5.32 Å². The number of hydrogen-bond donors (Lipinski definition) is 1. The molecule has 3 aromatic rings. The third-order valence-electron chi connectivity index (χ3n) is 4.54. The smallest absolute Gasteiger partial charge is 0.271 e. The standard InChI is InChI=1S/C18H17N3O3S/c1-12-5-4-8-17-19-15(11-21(12)17)18(22)20-14-9-10-25(23,24)16-7-3-2-6-13(14)16/h2-8,11,14H,9-10H2,1H3,(H,20,22)/t14-/m0/s1. The van der Waals surface area contributed by atoms with Crippen molar-refractivity contribution in [3.63, 3.8) is 0 Å². The first-order chi connectivity index (χ1) is 12.0. The number of nitrogens with one attached hydrogen (secondary N) is 1. The quantitative estimate of drug-likeness (QED) is 0.765. The van der Waals surface area contributed by atoms with Gasteiger partial charge in [-0.2, -0.15) is 0 Å². The molecule has 0 aliphatic carbocycles. The van der Waals surface area contributed by atoms with E-state index in [-0.39, 0.29) is 17.7 Å². The van der Waals surface area contributed by atoms with Gasteiger partial charge in [0.05, 0.1) is 16.7 Å². The summed E-state index contributed by atoms with van der Waals surface area (Å²) in [6, 6.07) is 12.2. The summed E-state index contributed by atoms with van der Waals surface area (Å²) in [6.07, 6.45) is 2.06. The van der Waals surface area contributed by atoms with Crippen molar-refractivity contribution in [3.8, 4) is 0 Å². The number of nitrogens with zero attached hydrogens (tertiary/aromatic N) is 2. The van der Waals surface area contributed by atoms with E-state index in [4.69, 9.17) is 0 Å². The summed E-state index contributed by atoms with van der Waals surface area (Å²) < 4.78 is 26.3. The van der Waals surface area contributed by atoms with Crippen molar-refractivity contribution in [3.05, 3.63) is 65.6 Å². The van der Waals surface area contributed by atoms with Gasteiger partial charge in [-0.1, -0.05) is 24.3 Å². The van der Waals surface area contributed by atoms with Gasteiger partial charge in [0.2, 0.25) is 0 Å². The number of imidazole rings is 1. The largest absolute Gasteiger partial charge is 0.344 e. The lowest BCUT2D eigenvalue weighted by atomic mass is 10.0. The summed E-state index contributed by atoms with van der Waals surface area (Å²) in [5, 5.41) is 2.93. The van der Waals surface area contributed by atoms with Gasteiger partial charge in [-0.25, -0.2) is 13.4 Å². The molecular formula is C18H17N3O3S. The molecule has 1 N–H and O–H groups in total. The predicted molar refractivity (Wildman–Crippen MR) is 93.2 cm³/mol. The molecule has 1 aromatic carbocycles. The molecule has 128 valence electrons. The predicted octanol–water partition coefficient (Wildman–Crippen LogP) is 2.29. The number of rotatable bonds is 2. The summed E-state index contributed by atoms with van der Waals surface area (Å²) in [5.41, 5.74) is 2.65. The fraction of sp³-hybridized carbons (Fsp3) is 0.222. The maximum atomic E-state index is 12.6. The third kappa shape index (κ3) is 2.70. The molecule has 25 heavy (non-hydrogen) atoms. The average Bonchev–Trinajstić information content (AvgIpc) is 3.04. The molecule has 0 radical (unpaired) electrons. The zero-order valence-corrected chi connectivity index (χ0v) is 14.5. The third-order valence-corrected chi connectivity index (χ3v) is 6.35. The lowest BCUT2D eigenvalue weighted by Crippen LogP contribution is -2.34. The number of carbonyl (C=O) groups excluding carboxylic acids is 1. The Kier molecular flexibility index (Phi) is 3.61. The van der Waals surface area contributed by atoms with Crippen molar-refractivity contribution >= 4 is 21.4 Å². The van der Waals surface area contributed by atoms with Gasteiger partial charge in [-0.3, -0.25) is 4.79 Å². The highest BCUT2D eigenvalue weighted by molar-refractivity contribution is 7.91. The maximum absolute atomic E-state index is 12.6. The number of hydrogen-bond acceptors (Lipinski definition) is 4. The molecular weight excluding hydrogens is 338 g/mol. The van der Waals surface area contributed by atoms with Crippen LogP contribution in [0.3, 0.4) is 0 Å². The van der Waals surface area contributed by atoms with Crippen molar-refractivity contribution in [1.29, 1.82) is 0 Å². The van der Waals surface area contributed by atoms with Crippen molar-refractivity contribution in [2.75, 3.05) is 5.75 Å². The van der Waals surface area contributed by atoms with Crippen molar-refractivity contribution < 1.29 is 13.2 Å². The van der Waals surface area contributed by atoms with E-state index in [1.807, 2.05) is 29.5 Å². The zero-order chi connectivity index (χ0) is 17.6. The van der Waals surface area contributed by atoms with Gasteiger partial charge in [0.25, 0.3) is 5.91 Å². The Morgan fingerprint density at radius 2 is 2.00 bits per heavy atom. The summed E-state index contributed by atoms with van der Waals surface area (Å²) in [7, 11) is -3.27. The molecule has 0 bridgehead atoms. The van der Waals surface area contributed by atoms with Gasteiger partial charge in [0.1, 0.15) is 11.3 Å². The Bertz CT molecular complexity index is 1090. The van der Waals surface area contributed by atoms with Crippen molar-refractivity contribution in [2.45, 2.75) is 24.3 Å². The van der Waals surface area contributed by atoms with E-state index in [9.17, 15) is 13.2 Å². The van der Waals surface area contributed by atoms with Crippen LogP contribution >= 0.6 is 0 Å².